The van der Waals surface area contributed by atoms with E-state index in [1.165, 1.54) is 6.07 Å². The Balaban J connectivity index is 1.77. The zero-order chi connectivity index (χ0) is 13.8. The standard InChI is InChI=1S/C13H17N3O3/c14-11-7-9(3-4-10(11)13(18)19)15-5-6-16-12(17)8-1-2-8/h3-4,7-8,15H,1-2,5-6,14H2,(H,16,17)(H,18,19). The number of hydrogen-bond donors (Lipinski definition) is 4. The van der Waals surface area contributed by atoms with Gasteiger partial charge in [-0.25, -0.2) is 4.79 Å². The van der Waals surface area contributed by atoms with E-state index in [9.17, 15) is 9.59 Å². The van der Waals surface area contributed by atoms with Crippen molar-refractivity contribution in [2.24, 2.45) is 5.92 Å². The summed E-state index contributed by atoms with van der Waals surface area (Å²) in [6, 6.07) is 4.69. The third-order valence-electron chi connectivity index (χ3n) is 2.98. The number of anilines is 2. The minimum Gasteiger partial charge on any atom is -0.478 e. The van der Waals surface area contributed by atoms with E-state index < -0.39 is 5.97 Å². The molecule has 1 fully saturated rings. The summed E-state index contributed by atoms with van der Waals surface area (Å²) >= 11 is 0. The minimum absolute atomic E-state index is 0.0904. The number of carbonyl (C=O) groups excluding carboxylic acids is 1. The average molecular weight is 263 g/mol. The highest BCUT2D eigenvalue weighted by atomic mass is 16.4. The van der Waals surface area contributed by atoms with E-state index in [1.54, 1.807) is 12.1 Å². The van der Waals surface area contributed by atoms with Gasteiger partial charge in [-0.15, -0.1) is 0 Å². The lowest BCUT2D eigenvalue weighted by Gasteiger charge is -2.09. The molecule has 1 aromatic rings. The maximum atomic E-state index is 11.4. The van der Waals surface area contributed by atoms with Crippen molar-refractivity contribution < 1.29 is 14.7 Å². The first kappa shape index (κ1) is 13.2. The Bertz CT molecular complexity index is 498. The minimum atomic E-state index is -1.04. The van der Waals surface area contributed by atoms with Gasteiger partial charge in [-0.05, 0) is 31.0 Å². The van der Waals surface area contributed by atoms with Crippen LogP contribution in [0.1, 0.15) is 23.2 Å². The lowest BCUT2D eigenvalue weighted by atomic mass is 10.1. The number of nitrogens with two attached hydrogens (primary N) is 1. The van der Waals surface area contributed by atoms with Gasteiger partial charge in [0.2, 0.25) is 5.91 Å². The van der Waals surface area contributed by atoms with Gasteiger partial charge < -0.3 is 21.5 Å². The van der Waals surface area contributed by atoms with Crippen molar-refractivity contribution in [1.82, 2.24) is 5.32 Å². The van der Waals surface area contributed by atoms with Crippen LogP contribution in [0, 0.1) is 5.92 Å². The van der Waals surface area contributed by atoms with Gasteiger partial charge in [-0.1, -0.05) is 0 Å². The van der Waals surface area contributed by atoms with E-state index in [0.29, 0.717) is 13.1 Å². The van der Waals surface area contributed by atoms with Crippen LogP contribution in [0.3, 0.4) is 0 Å². The predicted molar refractivity (Wildman–Crippen MR) is 72.0 cm³/mol. The van der Waals surface area contributed by atoms with Gasteiger partial charge in [0.25, 0.3) is 0 Å². The highest BCUT2D eigenvalue weighted by Gasteiger charge is 2.28. The number of carbonyl (C=O) groups is 2. The first-order valence-electron chi connectivity index (χ1n) is 6.22. The molecule has 0 saturated heterocycles. The summed E-state index contributed by atoms with van der Waals surface area (Å²) in [5, 5.41) is 14.8. The Morgan fingerprint density at radius 1 is 1.32 bits per heavy atom. The summed E-state index contributed by atoms with van der Waals surface area (Å²) in [6.45, 7) is 1.11. The van der Waals surface area contributed by atoms with Crippen molar-refractivity contribution in [3.8, 4) is 0 Å². The molecule has 6 nitrogen and oxygen atoms in total. The van der Waals surface area contributed by atoms with E-state index in [2.05, 4.69) is 10.6 Å². The number of carboxylic acid groups (broad SMARTS) is 1. The zero-order valence-corrected chi connectivity index (χ0v) is 10.5. The molecule has 0 unspecified atom stereocenters. The van der Waals surface area contributed by atoms with Crippen molar-refractivity contribution in [3.05, 3.63) is 23.8 Å². The van der Waals surface area contributed by atoms with Crippen LogP contribution in [-0.4, -0.2) is 30.1 Å². The zero-order valence-electron chi connectivity index (χ0n) is 10.5. The molecule has 1 saturated carbocycles. The van der Waals surface area contributed by atoms with E-state index in [-0.39, 0.29) is 23.1 Å². The molecule has 1 aromatic carbocycles. The third-order valence-corrected chi connectivity index (χ3v) is 2.98. The summed E-state index contributed by atoms with van der Waals surface area (Å²) < 4.78 is 0. The summed E-state index contributed by atoms with van der Waals surface area (Å²) in [6.07, 6.45) is 1.99. The molecule has 0 heterocycles. The number of benzene rings is 1. The van der Waals surface area contributed by atoms with E-state index in [0.717, 1.165) is 18.5 Å². The molecule has 1 aliphatic carbocycles. The number of hydrogen-bond acceptors (Lipinski definition) is 4. The molecule has 1 aliphatic rings. The monoisotopic (exact) mass is 263 g/mol. The molecule has 0 spiro atoms. The van der Waals surface area contributed by atoms with Crippen LogP contribution in [0.15, 0.2) is 18.2 Å². The van der Waals surface area contributed by atoms with Crippen LogP contribution < -0.4 is 16.4 Å². The second-order valence-electron chi connectivity index (χ2n) is 4.60. The molecule has 0 radical (unpaired) electrons. The Morgan fingerprint density at radius 3 is 2.63 bits per heavy atom. The topological polar surface area (TPSA) is 104 Å². The number of carboxylic acids is 1. The van der Waals surface area contributed by atoms with Gasteiger partial charge in [0.1, 0.15) is 0 Å². The molecule has 0 aliphatic heterocycles. The maximum absolute atomic E-state index is 11.4. The molecule has 6 heteroatoms. The third kappa shape index (κ3) is 3.61. The number of nitrogens with one attached hydrogen (secondary N) is 2. The SMILES string of the molecule is Nc1cc(NCCNC(=O)C2CC2)ccc1C(=O)O. The largest absolute Gasteiger partial charge is 0.478 e. The second-order valence-corrected chi connectivity index (χ2v) is 4.60. The second kappa shape index (κ2) is 5.60. The first-order valence-corrected chi connectivity index (χ1v) is 6.22. The van der Waals surface area contributed by atoms with Crippen LogP contribution in [0.4, 0.5) is 11.4 Å². The van der Waals surface area contributed by atoms with Gasteiger partial charge >= 0.3 is 5.97 Å². The molecule has 1 amide bonds. The smallest absolute Gasteiger partial charge is 0.337 e. The molecule has 5 N–H and O–H groups in total. The van der Waals surface area contributed by atoms with Crippen LogP contribution in [0.5, 0.6) is 0 Å². The molecule has 2 rings (SSSR count). The quantitative estimate of drug-likeness (QED) is 0.451. The van der Waals surface area contributed by atoms with E-state index in [1.807, 2.05) is 0 Å². The Hall–Kier alpha value is -2.24. The van der Waals surface area contributed by atoms with Crippen molar-refractivity contribution in [1.29, 1.82) is 0 Å². The molecule has 19 heavy (non-hydrogen) atoms. The van der Waals surface area contributed by atoms with Crippen LogP contribution in [0.2, 0.25) is 0 Å². The van der Waals surface area contributed by atoms with E-state index >= 15 is 0 Å². The molecule has 0 bridgehead atoms. The molecule has 0 aromatic heterocycles. The fraction of sp³-hybridized carbons (Fsp3) is 0.385. The number of rotatable bonds is 6. The fourth-order valence-corrected chi connectivity index (χ4v) is 1.75. The first-order chi connectivity index (χ1) is 9.08. The van der Waals surface area contributed by atoms with Crippen molar-refractivity contribution in [3.63, 3.8) is 0 Å². The van der Waals surface area contributed by atoms with Gasteiger partial charge in [0, 0.05) is 30.4 Å². The fourth-order valence-electron chi connectivity index (χ4n) is 1.75. The van der Waals surface area contributed by atoms with Gasteiger partial charge in [-0.3, -0.25) is 4.79 Å². The van der Waals surface area contributed by atoms with Crippen LogP contribution in [0.25, 0.3) is 0 Å². The summed E-state index contributed by atoms with van der Waals surface area (Å²) in [7, 11) is 0. The lowest BCUT2D eigenvalue weighted by Crippen LogP contribution is -2.29. The lowest BCUT2D eigenvalue weighted by molar-refractivity contribution is -0.122. The number of amides is 1. The summed E-state index contributed by atoms with van der Waals surface area (Å²) in [4.78, 5) is 22.2. The summed E-state index contributed by atoms with van der Waals surface area (Å²) in [5.74, 6) is -0.714. The van der Waals surface area contributed by atoms with Crippen molar-refractivity contribution in [2.75, 3.05) is 24.1 Å². The van der Waals surface area contributed by atoms with E-state index in [4.69, 9.17) is 10.8 Å². The van der Waals surface area contributed by atoms with Gasteiger partial charge in [0.15, 0.2) is 0 Å². The van der Waals surface area contributed by atoms with Crippen molar-refractivity contribution in [2.45, 2.75) is 12.8 Å². The molecule has 102 valence electrons. The Kier molecular flexibility index (Phi) is 3.89. The molecular formula is C13H17N3O3. The van der Waals surface area contributed by atoms with Crippen LogP contribution in [-0.2, 0) is 4.79 Å². The molecular weight excluding hydrogens is 246 g/mol. The normalized spacial score (nSPS) is 13.9. The Morgan fingerprint density at radius 2 is 2.05 bits per heavy atom. The number of aromatic carboxylic acids is 1. The highest BCUT2D eigenvalue weighted by molar-refractivity contribution is 5.94. The maximum Gasteiger partial charge on any atom is 0.337 e. The number of nitrogen functional groups attached to an aromatic ring is 1. The summed E-state index contributed by atoms with van der Waals surface area (Å²) in [5.41, 5.74) is 6.68. The molecule has 0 atom stereocenters. The Labute approximate surface area is 111 Å². The van der Waals surface area contributed by atoms with Gasteiger partial charge in [0.05, 0.1) is 5.56 Å². The highest BCUT2D eigenvalue weighted by Crippen LogP contribution is 2.28. The van der Waals surface area contributed by atoms with Crippen LogP contribution >= 0.6 is 0 Å². The van der Waals surface area contributed by atoms with Crippen molar-refractivity contribution >= 4 is 23.3 Å². The van der Waals surface area contributed by atoms with Gasteiger partial charge in [-0.2, -0.15) is 0 Å². The predicted octanol–water partition coefficient (Wildman–Crippen LogP) is 0.905. The average Bonchev–Trinajstić information content (AvgIpc) is 3.18.